The van der Waals surface area contributed by atoms with Crippen LogP contribution in [-0.2, 0) is 0 Å². The third kappa shape index (κ3) is 2.68. The lowest BCUT2D eigenvalue weighted by Crippen LogP contribution is -2.27. The lowest BCUT2D eigenvalue weighted by atomic mass is 9.97. The second-order valence-electron chi connectivity index (χ2n) is 3.89. The first-order valence-electron chi connectivity index (χ1n) is 5.30. The van der Waals surface area contributed by atoms with Crippen molar-refractivity contribution in [2.75, 3.05) is 13.1 Å². The third-order valence-electron chi connectivity index (χ3n) is 2.94. The summed E-state index contributed by atoms with van der Waals surface area (Å²) < 4.78 is 2.04. The van der Waals surface area contributed by atoms with E-state index in [1.165, 1.54) is 0 Å². The molecule has 2 aromatic rings. The average Bonchev–Trinajstić information content (AvgIpc) is 2.74. The Bertz CT molecular complexity index is 466. The minimum Gasteiger partial charge on any atom is -0.317 e. The summed E-state index contributed by atoms with van der Waals surface area (Å²) in [6.45, 7) is 2.15. The third-order valence-corrected chi connectivity index (χ3v) is 2.94. The van der Waals surface area contributed by atoms with Crippen LogP contribution < -0.4 is 5.32 Å². The fourth-order valence-electron chi connectivity index (χ4n) is 2.13. The van der Waals surface area contributed by atoms with Crippen LogP contribution in [0.15, 0.2) is 18.6 Å². The largest absolute Gasteiger partial charge is 0.317 e. The molecule has 94 valence electrons. The molecule has 1 saturated heterocycles. The summed E-state index contributed by atoms with van der Waals surface area (Å²) in [5, 5.41) is 11.7. The summed E-state index contributed by atoms with van der Waals surface area (Å²) in [6.07, 6.45) is 7.75. The van der Waals surface area contributed by atoms with Gasteiger partial charge in [0.1, 0.15) is 5.82 Å². The fourth-order valence-corrected chi connectivity index (χ4v) is 2.13. The summed E-state index contributed by atoms with van der Waals surface area (Å²) in [6, 6.07) is 0. The highest BCUT2D eigenvalue weighted by molar-refractivity contribution is 5.85. The Balaban J connectivity index is 0.000000722. The molecule has 0 aromatic carbocycles. The quantitative estimate of drug-likeness (QED) is 0.856. The molecule has 0 amide bonds. The van der Waals surface area contributed by atoms with Crippen molar-refractivity contribution in [3.05, 3.63) is 24.4 Å². The van der Waals surface area contributed by atoms with E-state index in [0.29, 0.717) is 5.92 Å². The molecule has 17 heavy (non-hydrogen) atoms. The monoisotopic (exact) mass is 275 g/mol. The highest BCUT2D eigenvalue weighted by Crippen LogP contribution is 2.23. The fraction of sp³-hybridized carbons (Fsp3) is 0.500. The van der Waals surface area contributed by atoms with E-state index in [4.69, 9.17) is 0 Å². The van der Waals surface area contributed by atoms with Crippen LogP contribution in [0, 0.1) is 0 Å². The molecule has 0 saturated carbocycles. The highest BCUT2D eigenvalue weighted by Gasteiger charge is 2.20. The van der Waals surface area contributed by atoms with Crippen LogP contribution in [0.1, 0.15) is 24.6 Å². The smallest absolute Gasteiger partial charge is 0.179 e. The number of aromatic nitrogens is 4. The van der Waals surface area contributed by atoms with Crippen LogP contribution in [-0.4, -0.2) is 32.7 Å². The number of fused-ring (bicyclic) bond motifs is 1. The van der Waals surface area contributed by atoms with Crippen molar-refractivity contribution >= 4 is 30.5 Å². The Labute approximate surface area is 112 Å². The van der Waals surface area contributed by atoms with Gasteiger partial charge in [0.2, 0.25) is 0 Å². The van der Waals surface area contributed by atoms with Crippen molar-refractivity contribution in [3.63, 3.8) is 0 Å². The number of piperidine rings is 1. The minimum absolute atomic E-state index is 0. The summed E-state index contributed by atoms with van der Waals surface area (Å²) in [7, 11) is 0. The second-order valence-corrected chi connectivity index (χ2v) is 3.89. The maximum Gasteiger partial charge on any atom is 0.179 e. The van der Waals surface area contributed by atoms with Crippen LogP contribution in [0.3, 0.4) is 0 Å². The van der Waals surface area contributed by atoms with E-state index in [2.05, 4.69) is 20.5 Å². The van der Waals surface area contributed by atoms with E-state index in [1.807, 2.05) is 10.6 Å². The van der Waals surface area contributed by atoms with Gasteiger partial charge in [0.25, 0.3) is 0 Å². The average molecular weight is 276 g/mol. The van der Waals surface area contributed by atoms with Crippen molar-refractivity contribution in [2.24, 2.45) is 0 Å². The predicted octanol–water partition coefficient (Wildman–Crippen LogP) is 1.43. The Morgan fingerprint density at radius 2 is 1.94 bits per heavy atom. The molecule has 0 atom stereocenters. The van der Waals surface area contributed by atoms with Gasteiger partial charge in [0.15, 0.2) is 5.65 Å². The van der Waals surface area contributed by atoms with E-state index in [-0.39, 0.29) is 24.8 Å². The van der Waals surface area contributed by atoms with Crippen LogP contribution in [0.5, 0.6) is 0 Å². The second kappa shape index (κ2) is 6.14. The molecule has 3 rings (SSSR count). The molecule has 0 bridgehead atoms. The Morgan fingerprint density at radius 1 is 1.18 bits per heavy atom. The Kier molecular flexibility index (Phi) is 5.11. The number of halogens is 2. The molecular formula is C10H15Cl2N5. The molecule has 1 aliphatic heterocycles. The molecular weight excluding hydrogens is 261 g/mol. The SMILES string of the molecule is Cl.Cl.c1cn2c(C3CCNCC3)nnc2cn1. The Hall–Kier alpha value is -0.910. The zero-order valence-corrected chi connectivity index (χ0v) is 10.9. The van der Waals surface area contributed by atoms with Crippen LogP contribution in [0.4, 0.5) is 0 Å². The highest BCUT2D eigenvalue weighted by atomic mass is 35.5. The standard InChI is InChI=1S/C10H13N5.2ClH/c1-3-11-4-2-8(1)10-14-13-9-7-12-5-6-15(9)10;;/h5-8,11H,1-4H2;2*1H. The molecule has 5 nitrogen and oxygen atoms in total. The molecule has 3 heterocycles. The summed E-state index contributed by atoms with van der Waals surface area (Å²) >= 11 is 0. The van der Waals surface area contributed by atoms with Crippen molar-refractivity contribution < 1.29 is 0 Å². The van der Waals surface area contributed by atoms with Gasteiger partial charge < -0.3 is 5.32 Å². The number of nitrogens with zero attached hydrogens (tertiary/aromatic N) is 4. The maximum atomic E-state index is 4.26. The van der Waals surface area contributed by atoms with Gasteiger partial charge in [-0.1, -0.05) is 0 Å². The zero-order chi connectivity index (χ0) is 10.1. The van der Waals surface area contributed by atoms with Gasteiger partial charge in [0.05, 0.1) is 6.20 Å². The summed E-state index contributed by atoms with van der Waals surface area (Å²) in [4.78, 5) is 4.04. The first-order valence-corrected chi connectivity index (χ1v) is 5.30. The topological polar surface area (TPSA) is 55.1 Å². The van der Waals surface area contributed by atoms with Crippen molar-refractivity contribution in [1.29, 1.82) is 0 Å². The lowest BCUT2D eigenvalue weighted by Gasteiger charge is -2.20. The number of rotatable bonds is 1. The number of hydrogen-bond acceptors (Lipinski definition) is 4. The molecule has 0 radical (unpaired) electrons. The van der Waals surface area contributed by atoms with Gasteiger partial charge in [-0.05, 0) is 25.9 Å². The molecule has 2 aromatic heterocycles. The predicted molar refractivity (Wildman–Crippen MR) is 70.1 cm³/mol. The molecule has 0 unspecified atom stereocenters. The zero-order valence-electron chi connectivity index (χ0n) is 9.24. The van der Waals surface area contributed by atoms with Crippen molar-refractivity contribution in [2.45, 2.75) is 18.8 Å². The van der Waals surface area contributed by atoms with E-state index in [9.17, 15) is 0 Å². The maximum absolute atomic E-state index is 4.26. The first kappa shape index (κ1) is 14.2. The van der Waals surface area contributed by atoms with Crippen molar-refractivity contribution in [3.8, 4) is 0 Å². The molecule has 0 aliphatic carbocycles. The molecule has 7 heteroatoms. The number of nitrogens with one attached hydrogen (secondary N) is 1. The van der Waals surface area contributed by atoms with E-state index < -0.39 is 0 Å². The van der Waals surface area contributed by atoms with Gasteiger partial charge in [0, 0.05) is 18.3 Å². The van der Waals surface area contributed by atoms with Crippen LogP contribution >= 0.6 is 24.8 Å². The van der Waals surface area contributed by atoms with Crippen LogP contribution in [0.2, 0.25) is 0 Å². The van der Waals surface area contributed by atoms with Gasteiger partial charge in [-0.3, -0.25) is 9.38 Å². The first-order chi connectivity index (χ1) is 7.45. The van der Waals surface area contributed by atoms with Gasteiger partial charge >= 0.3 is 0 Å². The minimum atomic E-state index is 0. The van der Waals surface area contributed by atoms with E-state index in [0.717, 1.165) is 37.4 Å². The molecule has 1 N–H and O–H groups in total. The normalized spacial score (nSPS) is 16.2. The Morgan fingerprint density at radius 3 is 2.71 bits per heavy atom. The van der Waals surface area contributed by atoms with Gasteiger partial charge in [-0.15, -0.1) is 35.0 Å². The lowest BCUT2D eigenvalue weighted by molar-refractivity contribution is 0.442. The summed E-state index contributed by atoms with van der Waals surface area (Å²) in [5.74, 6) is 1.61. The number of hydrogen-bond donors (Lipinski definition) is 1. The molecule has 1 aliphatic rings. The van der Waals surface area contributed by atoms with Gasteiger partial charge in [-0.2, -0.15) is 0 Å². The summed E-state index contributed by atoms with van der Waals surface area (Å²) in [5.41, 5.74) is 0.839. The van der Waals surface area contributed by atoms with Crippen molar-refractivity contribution in [1.82, 2.24) is 24.9 Å². The van der Waals surface area contributed by atoms with Gasteiger partial charge in [-0.25, -0.2) is 0 Å². The van der Waals surface area contributed by atoms with E-state index >= 15 is 0 Å². The van der Waals surface area contributed by atoms with Crippen LogP contribution in [0.25, 0.3) is 5.65 Å². The molecule has 0 spiro atoms. The van der Waals surface area contributed by atoms with E-state index in [1.54, 1.807) is 12.4 Å². The molecule has 1 fully saturated rings.